The third-order valence-electron chi connectivity index (χ3n) is 7.20. The van der Waals surface area contributed by atoms with Crippen LogP contribution in [0.25, 0.3) is 16.9 Å². The predicted molar refractivity (Wildman–Crippen MR) is 135 cm³/mol. The van der Waals surface area contributed by atoms with Crippen molar-refractivity contribution in [1.29, 1.82) is 0 Å². The number of pyridine rings is 2. The molecule has 0 N–H and O–H groups in total. The Morgan fingerprint density at radius 3 is 2.50 bits per heavy atom. The minimum absolute atomic E-state index is 0.176. The Bertz CT molecular complexity index is 1430. The fourth-order valence-corrected chi connectivity index (χ4v) is 5.60. The summed E-state index contributed by atoms with van der Waals surface area (Å²) in [6.07, 6.45) is 2.05. The van der Waals surface area contributed by atoms with Crippen molar-refractivity contribution in [3.05, 3.63) is 83.0 Å². The molecule has 1 amide bonds. The lowest BCUT2D eigenvalue weighted by Gasteiger charge is -2.22. The first kappa shape index (κ1) is 22.9. The largest absolute Gasteiger partial charge is 0.481 e. The molecule has 2 aliphatic rings. The molecule has 36 heavy (non-hydrogen) atoms. The Balaban J connectivity index is 1.19. The van der Waals surface area contributed by atoms with E-state index in [9.17, 15) is 9.18 Å². The van der Waals surface area contributed by atoms with Gasteiger partial charge in [0.1, 0.15) is 5.65 Å². The maximum Gasteiger partial charge on any atom is 0.275 e. The van der Waals surface area contributed by atoms with Crippen LogP contribution in [0.15, 0.2) is 60.8 Å². The first-order valence-electron chi connectivity index (χ1n) is 11.9. The van der Waals surface area contributed by atoms with Crippen molar-refractivity contribution in [3.8, 4) is 17.1 Å². The van der Waals surface area contributed by atoms with E-state index in [1.165, 1.54) is 19.2 Å². The molecule has 7 nitrogen and oxygen atoms in total. The molecule has 5 heterocycles. The van der Waals surface area contributed by atoms with E-state index < -0.39 is 5.82 Å². The summed E-state index contributed by atoms with van der Waals surface area (Å²) in [5.41, 5.74) is 3.84. The van der Waals surface area contributed by atoms with Crippen LogP contribution in [0.5, 0.6) is 5.88 Å². The zero-order valence-corrected chi connectivity index (χ0v) is 20.5. The van der Waals surface area contributed by atoms with Crippen LogP contribution in [0, 0.1) is 17.7 Å². The van der Waals surface area contributed by atoms with Crippen LogP contribution < -0.4 is 4.74 Å². The lowest BCUT2D eigenvalue weighted by Crippen LogP contribution is -2.34. The van der Waals surface area contributed by atoms with Gasteiger partial charge in [-0.05, 0) is 42.2 Å². The topological polar surface area (TPSA) is 63.0 Å². The van der Waals surface area contributed by atoms with Gasteiger partial charge >= 0.3 is 0 Å². The van der Waals surface area contributed by atoms with Gasteiger partial charge < -0.3 is 14.0 Å². The number of nitrogens with zero attached hydrogens (tertiary/aromatic N) is 5. The molecule has 2 fully saturated rings. The number of halogens is 2. The molecule has 3 aromatic heterocycles. The van der Waals surface area contributed by atoms with E-state index in [-0.39, 0.29) is 17.5 Å². The second-order valence-electron chi connectivity index (χ2n) is 9.45. The molecule has 2 unspecified atom stereocenters. The van der Waals surface area contributed by atoms with E-state index in [4.69, 9.17) is 21.3 Å². The Morgan fingerprint density at radius 2 is 1.78 bits per heavy atom. The van der Waals surface area contributed by atoms with Crippen molar-refractivity contribution in [1.82, 2.24) is 24.2 Å². The van der Waals surface area contributed by atoms with E-state index in [1.807, 2.05) is 48.7 Å². The second kappa shape index (κ2) is 9.19. The highest BCUT2D eigenvalue weighted by Crippen LogP contribution is 2.34. The number of imidazole rings is 1. The molecule has 2 saturated heterocycles. The van der Waals surface area contributed by atoms with Crippen LogP contribution in [-0.4, -0.2) is 63.4 Å². The fraction of sp³-hybridized carbons (Fsp3) is 0.296. The number of carbonyl (C=O) groups is 1. The van der Waals surface area contributed by atoms with Gasteiger partial charge in [-0.3, -0.25) is 9.69 Å². The number of rotatable bonds is 5. The van der Waals surface area contributed by atoms with Crippen molar-refractivity contribution in [2.45, 2.75) is 6.54 Å². The zero-order chi connectivity index (χ0) is 24.8. The lowest BCUT2D eigenvalue weighted by molar-refractivity contribution is 0.0761. The van der Waals surface area contributed by atoms with Crippen LogP contribution in [0.3, 0.4) is 0 Å². The summed E-state index contributed by atoms with van der Waals surface area (Å²) in [6.45, 7) is 3.66. The first-order valence-corrected chi connectivity index (χ1v) is 12.3. The number of carbonyl (C=O) groups excluding carboxylic acids is 1. The molecule has 2 atom stereocenters. The quantitative estimate of drug-likeness (QED) is 0.402. The van der Waals surface area contributed by atoms with Crippen molar-refractivity contribution in [3.63, 3.8) is 0 Å². The highest BCUT2D eigenvalue weighted by Gasteiger charge is 2.42. The van der Waals surface area contributed by atoms with Crippen molar-refractivity contribution >= 4 is 23.2 Å². The number of amides is 1. The monoisotopic (exact) mass is 505 g/mol. The number of hydrogen-bond acceptors (Lipinski definition) is 5. The number of methoxy groups -OCH3 is 1. The summed E-state index contributed by atoms with van der Waals surface area (Å²) < 4.78 is 21.5. The molecule has 0 saturated carbocycles. The first-order chi connectivity index (χ1) is 17.5. The maximum absolute atomic E-state index is 14.3. The molecule has 0 aliphatic carbocycles. The third-order valence-corrected chi connectivity index (χ3v) is 7.45. The average molecular weight is 506 g/mol. The second-order valence-corrected chi connectivity index (χ2v) is 9.89. The standard InChI is InChI=1S/C27H25ClFN5O2/c1-36-24-10-9-21(29)26(31-24)27(35)33-14-18-12-32(13-19(18)15-33)16-22-25(17-5-7-20(28)8-6-17)30-23-4-2-3-11-34(22)23/h2-11,18-19H,12-16H2,1H3. The van der Waals surface area contributed by atoms with Crippen LogP contribution in [0.4, 0.5) is 4.39 Å². The van der Waals surface area contributed by atoms with Gasteiger partial charge in [0.25, 0.3) is 5.91 Å². The van der Waals surface area contributed by atoms with E-state index in [1.54, 1.807) is 4.90 Å². The normalized spacial score (nSPS) is 19.7. The molecule has 9 heteroatoms. The molecule has 0 bridgehead atoms. The Hall–Kier alpha value is -3.49. The summed E-state index contributed by atoms with van der Waals surface area (Å²) >= 11 is 6.11. The van der Waals surface area contributed by atoms with Crippen molar-refractivity contribution in [2.75, 3.05) is 33.3 Å². The van der Waals surface area contributed by atoms with Crippen LogP contribution >= 0.6 is 11.6 Å². The van der Waals surface area contributed by atoms with Gasteiger partial charge in [0, 0.05) is 55.6 Å². The summed E-state index contributed by atoms with van der Waals surface area (Å²) in [4.78, 5) is 26.1. The van der Waals surface area contributed by atoms with E-state index in [0.717, 1.165) is 42.2 Å². The predicted octanol–water partition coefficient (Wildman–Crippen LogP) is 4.40. The number of aromatic nitrogens is 3. The minimum atomic E-state index is -0.623. The third kappa shape index (κ3) is 4.10. The number of hydrogen-bond donors (Lipinski definition) is 0. The minimum Gasteiger partial charge on any atom is -0.481 e. The molecule has 4 aromatic rings. The van der Waals surface area contributed by atoms with Crippen molar-refractivity contribution < 1.29 is 13.9 Å². The Labute approximate surface area is 213 Å². The Morgan fingerprint density at radius 1 is 1.03 bits per heavy atom. The van der Waals surface area contributed by atoms with Crippen molar-refractivity contribution in [2.24, 2.45) is 11.8 Å². The van der Waals surface area contributed by atoms with Crippen LogP contribution in [0.2, 0.25) is 5.02 Å². The summed E-state index contributed by atoms with van der Waals surface area (Å²) in [5, 5.41) is 0.694. The number of ether oxygens (including phenoxy) is 1. The molecule has 6 rings (SSSR count). The van der Waals surface area contributed by atoms with Gasteiger partial charge in [0.2, 0.25) is 5.88 Å². The van der Waals surface area contributed by atoms with E-state index >= 15 is 0 Å². The molecule has 0 radical (unpaired) electrons. The molecular weight excluding hydrogens is 481 g/mol. The highest BCUT2D eigenvalue weighted by molar-refractivity contribution is 6.30. The summed E-state index contributed by atoms with van der Waals surface area (Å²) in [5.74, 6) is -0.0996. The van der Waals surface area contributed by atoms with E-state index in [2.05, 4.69) is 14.3 Å². The molecule has 0 spiro atoms. The van der Waals surface area contributed by atoms with Crippen LogP contribution in [0.1, 0.15) is 16.2 Å². The molecule has 2 aliphatic heterocycles. The summed E-state index contributed by atoms with van der Waals surface area (Å²) in [7, 11) is 1.45. The lowest BCUT2D eigenvalue weighted by atomic mass is 10.0. The molecule has 184 valence electrons. The van der Waals surface area contributed by atoms with Gasteiger partial charge in [-0.2, -0.15) is 0 Å². The Kier molecular flexibility index (Phi) is 5.85. The molecule has 1 aromatic carbocycles. The van der Waals surface area contributed by atoms with Gasteiger partial charge in [-0.1, -0.05) is 29.8 Å². The van der Waals surface area contributed by atoms with Gasteiger partial charge in [0.05, 0.1) is 18.5 Å². The van der Waals surface area contributed by atoms with Crippen LogP contribution in [-0.2, 0) is 6.54 Å². The molecular formula is C27H25ClFN5O2. The van der Waals surface area contributed by atoms with Gasteiger partial charge in [-0.15, -0.1) is 0 Å². The SMILES string of the molecule is COc1ccc(F)c(C(=O)N2CC3CN(Cc4c(-c5ccc(Cl)cc5)nc5ccccn45)CC3C2)n1. The van der Waals surface area contributed by atoms with E-state index in [0.29, 0.717) is 29.9 Å². The maximum atomic E-state index is 14.3. The van der Waals surface area contributed by atoms with Gasteiger partial charge in [-0.25, -0.2) is 14.4 Å². The number of fused-ring (bicyclic) bond motifs is 2. The number of likely N-dealkylation sites (tertiary alicyclic amines) is 2. The zero-order valence-electron chi connectivity index (χ0n) is 19.8. The average Bonchev–Trinajstić information content (AvgIpc) is 3.57. The van der Waals surface area contributed by atoms with Gasteiger partial charge in [0.15, 0.2) is 11.5 Å². The number of benzene rings is 1. The highest BCUT2D eigenvalue weighted by atomic mass is 35.5. The summed E-state index contributed by atoms with van der Waals surface area (Å²) in [6, 6.07) is 16.4. The fourth-order valence-electron chi connectivity index (χ4n) is 5.47. The smallest absolute Gasteiger partial charge is 0.275 e.